The molecule has 2 amide bonds. The molecule has 1 aliphatic heterocycles. The molecule has 1 aromatic carbocycles. The first-order valence-corrected chi connectivity index (χ1v) is 16.4. The lowest BCUT2D eigenvalue weighted by Crippen LogP contribution is -2.47. The molecule has 2 heterocycles. The van der Waals surface area contributed by atoms with Crippen molar-refractivity contribution in [3.05, 3.63) is 43.1 Å². The Labute approximate surface area is 253 Å². The Morgan fingerprint density at radius 1 is 1.23 bits per heavy atom. The average molecular weight is 612 g/mol. The second-order valence-corrected chi connectivity index (χ2v) is 15.3. The Morgan fingerprint density at radius 3 is 2.56 bits per heavy atom. The van der Waals surface area contributed by atoms with Crippen molar-refractivity contribution in [1.82, 2.24) is 14.6 Å². The van der Waals surface area contributed by atoms with Gasteiger partial charge in [-0.05, 0) is 60.2 Å². The van der Waals surface area contributed by atoms with E-state index in [-0.39, 0.29) is 48.3 Å². The summed E-state index contributed by atoms with van der Waals surface area (Å²) in [4.78, 5) is 47.1. The van der Waals surface area contributed by atoms with Gasteiger partial charge in [-0.1, -0.05) is 33.8 Å². The van der Waals surface area contributed by atoms with E-state index in [4.69, 9.17) is 9.47 Å². The van der Waals surface area contributed by atoms with Crippen molar-refractivity contribution < 1.29 is 32.3 Å². The number of likely N-dealkylation sites (tertiary alicyclic amines) is 1. The minimum atomic E-state index is -3.78. The molecule has 5 atom stereocenters. The molecule has 0 unspecified atom stereocenters. The highest BCUT2D eigenvalue weighted by Gasteiger charge is 2.61. The maximum Gasteiger partial charge on any atom is 0.240 e. The first-order valence-electron chi connectivity index (χ1n) is 14.8. The van der Waals surface area contributed by atoms with E-state index in [0.29, 0.717) is 30.9 Å². The highest BCUT2D eigenvalue weighted by atomic mass is 32.2. The summed E-state index contributed by atoms with van der Waals surface area (Å²) in [6.45, 7) is 11.8. The van der Waals surface area contributed by atoms with Gasteiger partial charge in [-0.2, -0.15) is 0 Å². The van der Waals surface area contributed by atoms with Gasteiger partial charge in [0.05, 0.1) is 30.4 Å². The van der Waals surface area contributed by atoms with Crippen molar-refractivity contribution in [3.8, 4) is 11.6 Å². The van der Waals surface area contributed by atoms with Gasteiger partial charge in [0.2, 0.25) is 27.7 Å². The number of ether oxygens (including phenoxy) is 2. The van der Waals surface area contributed by atoms with Gasteiger partial charge >= 0.3 is 0 Å². The molecule has 2 aromatic rings. The van der Waals surface area contributed by atoms with E-state index in [0.717, 1.165) is 10.8 Å². The number of nitrogens with one attached hydrogen (secondary N) is 1. The second-order valence-electron chi connectivity index (χ2n) is 13.3. The van der Waals surface area contributed by atoms with Crippen LogP contribution >= 0.6 is 0 Å². The van der Waals surface area contributed by atoms with E-state index < -0.39 is 38.7 Å². The SMILES string of the molecule is C=C[C@@H]1C[C@]1(CC(=O)[C@@H]1C[C@@H](Oc2nccc3cc(OC)ccc23)CN1C(=O)[C@@H](C)C(C)(C)C)C(=O)NS(=O)(=O)C1CC1. The molecular weight excluding hydrogens is 570 g/mol. The third kappa shape index (κ3) is 6.14. The average Bonchev–Trinajstić information content (AvgIpc) is 3.88. The number of methoxy groups -OCH3 is 1. The maximum absolute atomic E-state index is 14.0. The van der Waals surface area contributed by atoms with Gasteiger partial charge in [-0.15, -0.1) is 6.58 Å². The highest BCUT2D eigenvalue weighted by Crippen LogP contribution is 2.57. The second kappa shape index (κ2) is 11.2. The molecule has 1 aromatic heterocycles. The number of sulfonamides is 1. The van der Waals surface area contributed by atoms with Crippen LogP contribution in [0.25, 0.3) is 10.8 Å². The largest absolute Gasteiger partial charge is 0.497 e. The predicted octanol–water partition coefficient (Wildman–Crippen LogP) is 4.03. The van der Waals surface area contributed by atoms with E-state index in [1.165, 1.54) is 0 Å². The monoisotopic (exact) mass is 611 g/mol. The van der Waals surface area contributed by atoms with Crippen LogP contribution in [0.1, 0.15) is 59.8 Å². The van der Waals surface area contributed by atoms with Crippen molar-refractivity contribution >= 4 is 38.4 Å². The fraction of sp³-hybridized carbons (Fsp3) is 0.562. The number of carbonyl (C=O) groups is 3. The predicted molar refractivity (Wildman–Crippen MR) is 162 cm³/mol. The zero-order valence-corrected chi connectivity index (χ0v) is 26.3. The Bertz CT molecular complexity index is 1560. The number of carbonyl (C=O) groups excluding carboxylic acids is 3. The minimum absolute atomic E-state index is 0.168. The summed E-state index contributed by atoms with van der Waals surface area (Å²) in [6, 6.07) is 6.59. The van der Waals surface area contributed by atoms with Gasteiger partial charge in [0, 0.05) is 30.3 Å². The normalized spacial score (nSPS) is 26.1. The number of aromatic nitrogens is 1. The lowest BCUT2D eigenvalue weighted by Gasteiger charge is -2.33. The molecule has 43 heavy (non-hydrogen) atoms. The molecule has 0 radical (unpaired) electrons. The molecule has 232 valence electrons. The summed E-state index contributed by atoms with van der Waals surface area (Å²) < 4.78 is 39.0. The molecule has 0 spiro atoms. The Hall–Kier alpha value is -3.47. The fourth-order valence-electron chi connectivity index (χ4n) is 5.87. The van der Waals surface area contributed by atoms with Crippen molar-refractivity contribution in [3.63, 3.8) is 0 Å². The third-order valence-electron chi connectivity index (χ3n) is 9.36. The van der Waals surface area contributed by atoms with Gasteiger partial charge in [0.15, 0.2) is 5.78 Å². The molecule has 1 saturated heterocycles. The number of allylic oxidation sites excluding steroid dienone is 1. The molecule has 10 nitrogen and oxygen atoms in total. The third-order valence-corrected chi connectivity index (χ3v) is 11.2. The van der Waals surface area contributed by atoms with Crippen LogP contribution in [-0.2, 0) is 24.4 Å². The summed E-state index contributed by atoms with van der Waals surface area (Å²) in [5, 5.41) is 1.09. The Morgan fingerprint density at radius 2 is 1.95 bits per heavy atom. The van der Waals surface area contributed by atoms with Gasteiger partial charge in [-0.25, -0.2) is 13.4 Å². The molecule has 2 saturated carbocycles. The molecule has 2 aliphatic carbocycles. The lowest BCUT2D eigenvalue weighted by atomic mass is 9.81. The number of Topliss-reactive ketones (excluding diaryl/α,β-unsaturated/α-hetero) is 1. The topological polar surface area (TPSA) is 132 Å². The van der Waals surface area contributed by atoms with Gasteiger partial charge in [-0.3, -0.25) is 19.1 Å². The molecule has 3 aliphatic rings. The number of rotatable bonds is 11. The fourth-order valence-corrected chi connectivity index (χ4v) is 7.25. The summed E-state index contributed by atoms with van der Waals surface area (Å²) in [5.74, 6) is -0.742. The number of amides is 2. The number of nitrogens with zero attached hydrogens (tertiary/aromatic N) is 2. The first kappa shape index (κ1) is 31.0. The van der Waals surface area contributed by atoms with E-state index in [9.17, 15) is 22.8 Å². The van der Waals surface area contributed by atoms with Gasteiger partial charge < -0.3 is 14.4 Å². The van der Waals surface area contributed by atoms with Crippen LogP contribution in [-0.4, -0.2) is 66.9 Å². The van der Waals surface area contributed by atoms with Crippen LogP contribution in [0.2, 0.25) is 0 Å². The van der Waals surface area contributed by atoms with E-state index >= 15 is 0 Å². The zero-order valence-electron chi connectivity index (χ0n) is 25.5. The number of ketones is 1. The molecular formula is C32H41N3O7S. The maximum atomic E-state index is 14.0. The molecule has 3 fully saturated rings. The number of hydrogen-bond acceptors (Lipinski definition) is 8. The minimum Gasteiger partial charge on any atom is -0.497 e. The number of benzene rings is 1. The van der Waals surface area contributed by atoms with Crippen molar-refractivity contribution in [2.45, 2.75) is 77.2 Å². The van der Waals surface area contributed by atoms with Crippen LogP contribution in [0, 0.1) is 22.7 Å². The van der Waals surface area contributed by atoms with Gasteiger partial charge in [0.1, 0.15) is 11.9 Å². The summed E-state index contributed by atoms with van der Waals surface area (Å²) in [6.07, 6.45) is 4.13. The van der Waals surface area contributed by atoms with Crippen LogP contribution in [0.5, 0.6) is 11.6 Å². The van der Waals surface area contributed by atoms with Crippen LogP contribution < -0.4 is 14.2 Å². The van der Waals surface area contributed by atoms with Crippen molar-refractivity contribution in [2.24, 2.45) is 22.7 Å². The summed E-state index contributed by atoms with van der Waals surface area (Å²) >= 11 is 0. The van der Waals surface area contributed by atoms with Crippen molar-refractivity contribution in [2.75, 3.05) is 13.7 Å². The molecule has 0 bridgehead atoms. The number of hydrogen-bond donors (Lipinski definition) is 1. The van der Waals surface area contributed by atoms with Gasteiger partial charge in [0.25, 0.3) is 0 Å². The van der Waals surface area contributed by atoms with E-state index in [2.05, 4.69) is 16.3 Å². The van der Waals surface area contributed by atoms with Crippen molar-refractivity contribution in [1.29, 1.82) is 0 Å². The Balaban J connectivity index is 1.39. The quantitative estimate of drug-likeness (QED) is 0.377. The smallest absolute Gasteiger partial charge is 0.240 e. The number of fused-ring (bicyclic) bond motifs is 1. The lowest BCUT2D eigenvalue weighted by molar-refractivity contribution is -0.144. The first-order chi connectivity index (χ1) is 20.2. The standard InChI is InChI=1S/C32H41N3O7S/c1-7-21-16-32(21,30(38)34-43(39,40)24-9-10-24)17-27(36)26-15-23(18-35(26)29(37)19(2)31(3,4)5)42-28-25-11-8-22(41-6)14-20(25)12-13-33-28/h7-8,11-14,19,21,23-24,26H,1,9-10,15-18H2,2-6H3,(H,34,38)/t19-,21-,23-,26+,32-/m1/s1. The summed E-state index contributed by atoms with van der Waals surface area (Å²) in [5.41, 5.74) is -1.54. The van der Waals surface area contributed by atoms with E-state index in [1.54, 1.807) is 24.3 Å². The number of pyridine rings is 1. The van der Waals surface area contributed by atoms with Crippen LogP contribution in [0.3, 0.4) is 0 Å². The zero-order chi connectivity index (χ0) is 31.3. The summed E-state index contributed by atoms with van der Waals surface area (Å²) in [7, 11) is -2.18. The molecule has 11 heteroatoms. The van der Waals surface area contributed by atoms with E-state index in [1.807, 2.05) is 52.0 Å². The van der Waals surface area contributed by atoms with Crippen LogP contribution in [0.4, 0.5) is 0 Å². The van der Waals surface area contributed by atoms with Crippen LogP contribution in [0.15, 0.2) is 43.1 Å². The molecule has 1 N–H and O–H groups in total. The highest BCUT2D eigenvalue weighted by molar-refractivity contribution is 7.90. The molecule has 5 rings (SSSR count). The Kier molecular flexibility index (Phi) is 8.09.